The summed E-state index contributed by atoms with van der Waals surface area (Å²) < 4.78 is 33.9. The van der Waals surface area contributed by atoms with Gasteiger partial charge < -0.3 is 14.8 Å². The number of nitrogens with zero attached hydrogens (tertiary/aromatic N) is 1. The Bertz CT molecular complexity index is 1080. The average Bonchev–Trinajstić information content (AvgIpc) is 2.69. The Morgan fingerprint density at radius 3 is 2.21 bits per heavy atom. The van der Waals surface area contributed by atoms with Crippen molar-refractivity contribution in [2.75, 3.05) is 18.7 Å². The van der Waals surface area contributed by atoms with E-state index in [9.17, 15) is 13.2 Å². The number of nitrogens with one attached hydrogen (secondary N) is 1. The highest BCUT2D eigenvalue weighted by Crippen LogP contribution is 2.28. The molecule has 7 nitrogen and oxygen atoms in total. The zero-order valence-corrected chi connectivity index (χ0v) is 16.1. The van der Waals surface area contributed by atoms with Crippen LogP contribution in [0.1, 0.15) is 10.4 Å². The van der Waals surface area contributed by atoms with Gasteiger partial charge in [-0.2, -0.15) is 0 Å². The standard InChI is InChI=1S/C20H18N2O5S/c1-26-15-7-9-16(10-8-15)27-20-18(4-3-13-21-20)22-19(23)14-5-11-17(12-6-14)28(2,24)25/h3-13H,1-2H3,(H,22,23). The van der Waals surface area contributed by atoms with Gasteiger partial charge in [0, 0.05) is 18.0 Å². The molecule has 0 aliphatic heterocycles. The number of carbonyl (C=O) groups is 1. The van der Waals surface area contributed by atoms with Crippen molar-refractivity contribution in [3.8, 4) is 17.4 Å². The van der Waals surface area contributed by atoms with E-state index in [2.05, 4.69) is 10.3 Å². The number of carbonyl (C=O) groups excluding carboxylic acids is 1. The van der Waals surface area contributed by atoms with Crippen molar-refractivity contribution in [2.45, 2.75) is 4.90 Å². The quantitative estimate of drug-likeness (QED) is 0.682. The van der Waals surface area contributed by atoms with Gasteiger partial charge in [0.2, 0.25) is 5.88 Å². The highest BCUT2D eigenvalue weighted by atomic mass is 32.2. The van der Waals surface area contributed by atoms with E-state index in [0.717, 1.165) is 6.26 Å². The third kappa shape index (κ3) is 4.66. The summed E-state index contributed by atoms with van der Waals surface area (Å²) in [6.07, 6.45) is 2.66. The maximum absolute atomic E-state index is 12.5. The summed E-state index contributed by atoms with van der Waals surface area (Å²) in [5.41, 5.74) is 0.696. The van der Waals surface area contributed by atoms with Gasteiger partial charge in [0.1, 0.15) is 17.2 Å². The van der Waals surface area contributed by atoms with Crippen LogP contribution < -0.4 is 14.8 Å². The molecule has 0 saturated carbocycles. The highest BCUT2D eigenvalue weighted by Gasteiger charge is 2.13. The van der Waals surface area contributed by atoms with E-state index in [1.165, 1.54) is 24.3 Å². The molecule has 0 saturated heterocycles. The Hall–Kier alpha value is -3.39. The number of anilines is 1. The van der Waals surface area contributed by atoms with E-state index in [4.69, 9.17) is 9.47 Å². The molecule has 144 valence electrons. The maximum Gasteiger partial charge on any atom is 0.255 e. The van der Waals surface area contributed by atoms with Crippen molar-refractivity contribution in [3.05, 3.63) is 72.4 Å². The van der Waals surface area contributed by atoms with Crippen LogP contribution in [0.15, 0.2) is 71.8 Å². The molecule has 2 aromatic carbocycles. The van der Waals surface area contributed by atoms with Crippen molar-refractivity contribution < 1.29 is 22.7 Å². The Morgan fingerprint density at radius 2 is 1.61 bits per heavy atom. The highest BCUT2D eigenvalue weighted by molar-refractivity contribution is 7.90. The molecule has 1 aromatic heterocycles. The van der Waals surface area contributed by atoms with Crippen molar-refractivity contribution in [1.82, 2.24) is 4.98 Å². The molecule has 0 radical (unpaired) electrons. The van der Waals surface area contributed by atoms with Crippen LogP contribution in [-0.4, -0.2) is 32.7 Å². The normalized spacial score (nSPS) is 10.9. The predicted molar refractivity (Wildman–Crippen MR) is 105 cm³/mol. The summed E-state index contributed by atoms with van der Waals surface area (Å²) >= 11 is 0. The first kappa shape index (κ1) is 19.4. The lowest BCUT2D eigenvalue weighted by Gasteiger charge is -2.11. The molecule has 0 unspecified atom stereocenters. The Kier molecular flexibility index (Phi) is 5.60. The maximum atomic E-state index is 12.5. The summed E-state index contributed by atoms with van der Waals surface area (Å²) in [7, 11) is -1.75. The minimum Gasteiger partial charge on any atom is -0.497 e. The van der Waals surface area contributed by atoms with Crippen LogP contribution in [0.4, 0.5) is 5.69 Å². The van der Waals surface area contributed by atoms with E-state index in [0.29, 0.717) is 22.7 Å². The van der Waals surface area contributed by atoms with Crippen LogP contribution in [0.25, 0.3) is 0 Å². The fourth-order valence-corrected chi connectivity index (χ4v) is 3.00. The topological polar surface area (TPSA) is 94.6 Å². The first-order valence-corrected chi connectivity index (χ1v) is 10.1. The molecule has 3 aromatic rings. The molecule has 0 aliphatic carbocycles. The fourth-order valence-electron chi connectivity index (χ4n) is 2.37. The molecule has 0 aliphatic rings. The van der Waals surface area contributed by atoms with E-state index in [1.807, 2.05) is 0 Å². The molecule has 1 N–H and O–H groups in total. The van der Waals surface area contributed by atoms with Crippen molar-refractivity contribution in [2.24, 2.45) is 0 Å². The molecule has 3 rings (SSSR count). The molecule has 0 spiro atoms. The van der Waals surface area contributed by atoms with Gasteiger partial charge in [-0.1, -0.05) is 0 Å². The van der Waals surface area contributed by atoms with Gasteiger partial charge in [-0.25, -0.2) is 13.4 Å². The van der Waals surface area contributed by atoms with E-state index in [1.54, 1.807) is 49.7 Å². The summed E-state index contributed by atoms with van der Waals surface area (Å²) in [5, 5.41) is 2.73. The zero-order valence-electron chi connectivity index (χ0n) is 15.2. The lowest BCUT2D eigenvalue weighted by molar-refractivity contribution is 0.102. The summed E-state index contributed by atoms with van der Waals surface area (Å²) in [4.78, 5) is 16.8. The number of pyridine rings is 1. The number of hydrogen-bond donors (Lipinski definition) is 1. The number of sulfone groups is 1. The van der Waals surface area contributed by atoms with Crippen LogP contribution >= 0.6 is 0 Å². The van der Waals surface area contributed by atoms with E-state index >= 15 is 0 Å². The molecule has 0 atom stereocenters. The lowest BCUT2D eigenvalue weighted by Crippen LogP contribution is -2.13. The fraction of sp³-hybridized carbons (Fsp3) is 0.100. The van der Waals surface area contributed by atoms with Gasteiger partial charge in [-0.15, -0.1) is 0 Å². The second-order valence-electron chi connectivity index (χ2n) is 5.88. The number of methoxy groups -OCH3 is 1. The van der Waals surface area contributed by atoms with Crippen LogP contribution in [0, 0.1) is 0 Å². The number of aromatic nitrogens is 1. The van der Waals surface area contributed by atoms with Crippen LogP contribution in [0.5, 0.6) is 17.4 Å². The second kappa shape index (κ2) is 8.10. The SMILES string of the molecule is COc1ccc(Oc2ncccc2NC(=O)c2ccc(S(C)(=O)=O)cc2)cc1. The Labute approximate surface area is 162 Å². The smallest absolute Gasteiger partial charge is 0.255 e. The van der Waals surface area contributed by atoms with Gasteiger partial charge in [-0.3, -0.25) is 4.79 Å². The van der Waals surface area contributed by atoms with Crippen LogP contribution in [0.2, 0.25) is 0 Å². The van der Waals surface area contributed by atoms with E-state index < -0.39 is 15.7 Å². The molecule has 0 bridgehead atoms. The monoisotopic (exact) mass is 398 g/mol. The van der Waals surface area contributed by atoms with Crippen molar-refractivity contribution in [3.63, 3.8) is 0 Å². The van der Waals surface area contributed by atoms with Gasteiger partial charge in [0.15, 0.2) is 9.84 Å². The number of hydrogen-bond acceptors (Lipinski definition) is 6. The number of ether oxygens (including phenoxy) is 2. The Morgan fingerprint density at radius 1 is 0.964 bits per heavy atom. The number of benzene rings is 2. The first-order chi connectivity index (χ1) is 13.4. The Balaban J connectivity index is 1.77. The molecule has 28 heavy (non-hydrogen) atoms. The van der Waals surface area contributed by atoms with Gasteiger partial charge in [0.05, 0.1) is 12.0 Å². The summed E-state index contributed by atoms with van der Waals surface area (Å²) in [5.74, 6) is 1.05. The van der Waals surface area contributed by atoms with Crippen molar-refractivity contribution in [1.29, 1.82) is 0 Å². The van der Waals surface area contributed by atoms with Crippen LogP contribution in [-0.2, 0) is 9.84 Å². The largest absolute Gasteiger partial charge is 0.497 e. The van der Waals surface area contributed by atoms with Gasteiger partial charge >= 0.3 is 0 Å². The summed E-state index contributed by atoms with van der Waals surface area (Å²) in [6, 6.07) is 16.0. The van der Waals surface area contributed by atoms with Crippen LogP contribution in [0.3, 0.4) is 0 Å². The predicted octanol–water partition coefficient (Wildman–Crippen LogP) is 3.54. The summed E-state index contributed by atoms with van der Waals surface area (Å²) in [6.45, 7) is 0. The first-order valence-electron chi connectivity index (χ1n) is 8.25. The number of rotatable bonds is 6. The molecule has 0 fully saturated rings. The third-order valence-corrected chi connectivity index (χ3v) is 4.97. The third-order valence-electron chi connectivity index (χ3n) is 3.84. The minimum absolute atomic E-state index is 0.147. The van der Waals surface area contributed by atoms with Gasteiger partial charge in [-0.05, 0) is 60.7 Å². The number of amides is 1. The molecule has 1 heterocycles. The molecular formula is C20H18N2O5S. The lowest BCUT2D eigenvalue weighted by atomic mass is 10.2. The van der Waals surface area contributed by atoms with E-state index in [-0.39, 0.29) is 10.8 Å². The van der Waals surface area contributed by atoms with Crippen molar-refractivity contribution >= 4 is 21.4 Å². The second-order valence-corrected chi connectivity index (χ2v) is 7.90. The molecule has 1 amide bonds. The van der Waals surface area contributed by atoms with Gasteiger partial charge in [0.25, 0.3) is 5.91 Å². The molecular weight excluding hydrogens is 380 g/mol. The average molecular weight is 398 g/mol. The molecule has 8 heteroatoms. The minimum atomic E-state index is -3.32. The zero-order chi connectivity index (χ0) is 20.1.